The van der Waals surface area contributed by atoms with E-state index in [1.165, 1.54) is 0 Å². The van der Waals surface area contributed by atoms with Crippen molar-refractivity contribution in [2.75, 3.05) is 5.32 Å². The summed E-state index contributed by atoms with van der Waals surface area (Å²) >= 11 is 0. The van der Waals surface area contributed by atoms with Crippen LogP contribution in [0.15, 0.2) is 46.1 Å². The number of H-pyrrole nitrogens is 2. The molecular formula is C11H11N3O2. The number of anilines is 1. The van der Waals surface area contributed by atoms with Gasteiger partial charge in [0.1, 0.15) is 5.69 Å². The van der Waals surface area contributed by atoms with Gasteiger partial charge in [-0.2, -0.15) is 0 Å². The second kappa shape index (κ2) is 4.48. The Hall–Kier alpha value is -2.30. The summed E-state index contributed by atoms with van der Waals surface area (Å²) in [7, 11) is 0. The molecule has 0 saturated heterocycles. The van der Waals surface area contributed by atoms with Crippen molar-refractivity contribution in [3.8, 4) is 0 Å². The van der Waals surface area contributed by atoms with Crippen LogP contribution in [-0.4, -0.2) is 9.97 Å². The maximum atomic E-state index is 11.4. The first-order valence-corrected chi connectivity index (χ1v) is 4.78. The third-order valence-electron chi connectivity index (χ3n) is 2.07. The maximum Gasteiger partial charge on any atom is 0.325 e. The Labute approximate surface area is 92.6 Å². The van der Waals surface area contributed by atoms with E-state index in [2.05, 4.69) is 15.3 Å². The number of rotatable bonds is 3. The van der Waals surface area contributed by atoms with Crippen molar-refractivity contribution >= 4 is 5.69 Å². The van der Waals surface area contributed by atoms with E-state index < -0.39 is 11.2 Å². The average Bonchev–Trinajstić information content (AvgIpc) is 2.29. The second-order valence-electron chi connectivity index (χ2n) is 3.25. The average molecular weight is 218 g/mol. The number of hydrogen-bond donors (Lipinski definition) is 3. The fourth-order valence-corrected chi connectivity index (χ4v) is 1.28. The van der Waals surface area contributed by atoms with Gasteiger partial charge in [-0.05, 0) is 5.56 Å². The molecule has 2 aromatic rings. The van der Waals surface area contributed by atoms with Gasteiger partial charge in [-0.25, -0.2) is 4.79 Å². The molecular weight excluding hydrogens is 206 g/mol. The van der Waals surface area contributed by atoms with Crippen LogP contribution in [0.4, 0.5) is 5.69 Å². The standard InChI is InChI=1S/C11H11N3O2/c15-10-9(7-13-11(16)14-10)12-6-8-4-2-1-3-5-8/h1-5,7,12H,6H2,(H2,13,14,15,16)/i7D. The van der Waals surface area contributed by atoms with Crippen LogP contribution in [0.1, 0.15) is 6.93 Å². The molecule has 1 aromatic carbocycles. The van der Waals surface area contributed by atoms with Crippen molar-refractivity contribution < 1.29 is 1.37 Å². The third-order valence-corrected chi connectivity index (χ3v) is 2.07. The van der Waals surface area contributed by atoms with Gasteiger partial charge >= 0.3 is 5.69 Å². The molecule has 0 aliphatic heterocycles. The highest BCUT2D eigenvalue weighted by Gasteiger charge is 1.98. The lowest BCUT2D eigenvalue weighted by Crippen LogP contribution is -2.24. The number of aromatic nitrogens is 2. The normalized spacial score (nSPS) is 10.9. The molecule has 0 spiro atoms. The van der Waals surface area contributed by atoms with Gasteiger partial charge in [0.25, 0.3) is 5.56 Å². The lowest BCUT2D eigenvalue weighted by Gasteiger charge is -2.04. The molecule has 0 saturated carbocycles. The Morgan fingerprint density at radius 2 is 2.00 bits per heavy atom. The minimum Gasteiger partial charge on any atom is -0.375 e. The third kappa shape index (κ3) is 2.38. The predicted molar refractivity (Wildman–Crippen MR) is 61.5 cm³/mol. The largest absolute Gasteiger partial charge is 0.375 e. The SMILES string of the molecule is [2H]c1[nH]c(=O)[nH]c(=O)c1NCc1ccccc1. The van der Waals surface area contributed by atoms with Crippen LogP contribution in [0.3, 0.4) is 0 Å². The Morgan fingerprint density at radius 3 is 2.69 bits per heavy atom. The molecule has 0 atom stereocenters. The topological polar surface area (TPSA) is 77.8 Å². The maximum absolute atomic E-state index is 11.4. The van der Waals surface area contributed by atoms with Crippen molar-refractivity contribution in [1.82, 2.24) is 9.97 Å². The first-order valence-electron chi connectivity index (χ1n) is 5.28. The number of benzene rings is 1. The smallest absolute Gasteiger partial charge is 0.325 e. The van der Waals surface area contributed by atoms with Crippen LogP contribution in [0.25, 0.3) is 0 Å². The molecule has 0 bridgehead atoms. The zero-order valence-electron chi connectivity index (χ0n) is 9.41. The molecule has 0 aliphatic rings. The molecule has 0 amide bonds. The molecule has 5 nitrogen and oxygen atoms in total. The van der Waals surface area contributed by atoms with E-state index in [9.17, 15) is 9.59 Å². The van der Waals surface area contributed by atoms with Crippen molar-refractivity contribution in [3.63, 3.8) is 0 Å². The van der Waals surface area contributed by atoms with Crippen LogP contribution in [0.5, 0.6) is 0 Å². The highest BCUT2D eigenvalue weighted by atomic mass is 16.2. The summed E-state index contributed by atoms with van der Waals surface area (Å²) in [6, 6.07) is 9.46. The quantitative estimate of drug-likeness (QED) is 0.708. The molecule has 1 aromatic heterocycles. The van der Waals surface area contributed by atoms with Gasteiger partial charge < -0.3 is 10.3 Å². The van der Waals surface area contributed by atoms with E-state index in [4.69, 9.17) is 1.37 Å². The van der Waals surface area contributed by atoms with Crippen LogP contribution >= 0.6 is 0 Å². The number of nitrogens with one attached hydrogen (secondary N) is 3. The lowest BCUT2D eigenvalue weighted by atomic mass is 10.2. The molecule has 5 heteroatoms. The highest BCUT2D eigenvalue weighted by molar-refractivity contribution is 5.38. The van der Waals surface area contributed by atoms with E-state index in [0.717, 1.165) is 5.56 Å². The van der Waals surface area contributed by atoms with Gasteiger partial charge in [0.2, 0.25) is 0 Å². The van der Waals surface area contributed by atoms with Crippen LogP contribution in [0, 0.1) is 0 Å². The van der Waals surface area contributed by atoms with E-state index in [1.807, 2.05) is 30.3 Å². The molecule has 2 rings (SSSR count). The van der Waals surface area contributed by atoms with Crippen molar-refractivity contribution in [2.45, 2.75) is 6.54 Å². The van der Waals surface area contributed by atoms with Crippen LogP contribution < -0.4 is 16.6 Å². The first-order chi connectivity index (χ1) is 8.16. The monoisotopic (exact) mass is 218 g/mol. The van der Waals surface area contributed by atoms with E-state index >= 15 is 0 Å². The van der Waals surface area contributed by atoms with Crippen LogP contribution in [-0.2, 0) is 6.54 Å². The number of aromatic amines is 2. The molecule has 0 fully saturated rings. The van der Waals surface area contributed by atoms with Gasteiger partial charge in [0, 0.05) is 12.7 Å². The van der Waals surface area contributed by atoms with Crippen molar-refractivity contribution in [2.24, 2.45) is 0 Å². The molecule has 16 heavy (non-hydrogen) atoms. The Balaban J connectivity index is 2.21. The van der Waals surface area contributed by atoms with E-state index in [1.54, 1.807) is 0 Å². The predicted octanol–water partition coefficient (Wildman–Crippen LogP) is 0.675. The zero-order valence-corrected chi connectivity index (χ0v) is 8.41. The van der Waals surface area contributed by atoms with E-state index in [-0.39, 0.29) is 11.9 Å². The fourth-order valence-electron chi connectivity index (χ4n) is 1.28. The van der Waals surface area contributed by atoms with Gasteiger partial charge in [-0.15, -0.1) is 0 Å². The summed E-state index contributed by atoms with van der Waals surface area (Å²) in [5.41, 5.74) is -0.217. The Morgan fingerprint density at radius 1 is 1.25 bits per heavy atom. The van der Waals surface area contributed by atoms with Gasteiger partial charge in [0.15, 0.2) is 0 Å². The minimum absolute atomic E-state index is 0.0634. The van der Waals surface area contributed by atoms with E-state index in [0.29, 0.717) is 6.54 Å². The Kier molecular flexibility index (Phi) is 2.51. The summed E-state index contributed by atoms with van der Waals surface area (Å²) in [6.45, 7) is 0.418. The number of hydrogen-bond acceptors (Lipinski definition) is 3. The van der Waals surface area contributed by atoms with Crippen LogP contribution in [0.2, 0.25) is 0 Å². The summed E-state index contributed by atoms with van der Waals surface area (Å²) in [4.78, 5) is 26.6. The molecule has 0 aliphatic carbocycles. The van der Waals surface area contributed by atoms with Crippen molar-refractivity contribution in [1.29, 1.82) is 0 Å². The van der Waals surface area contributed by atoms with Crippen molar-refractivity contribution in [3.05, 3.63) is 62.9 Å². The zero-order chi connectivity index (χ0) is 12.3. The first kappa shape index (κ1) is 8.96. The molecule has 1 heterocycles. The molecule has 82 valence electrons. The Bertz CT molecular complexity index is 619. The molecule has 0 unspecified atom stereocenters. The second-order valence-corrected chi connectivity index (χ2v) is 3.25. The molecule has 0 radical (unpaired) electrons. The summed E-state index contributed by atoms with van der Waals surface area (Å²) in [5, 5.41) is 2.82. The summed E-state index contributed by atoms with van der Waals surface area (Å²) in [6.07, 6.45) is -0.213. The van der Waals surface area contributed by atoms with Gasteiger partial charge in [0.05, 0.1) is 1.37 Å². The fraction of sp³-hybridized carbons (Fsp3) is 0.0909. The van der Waals surface area contributed by atoms with Gasteiger partial charge in [-0.1, -0.05) is 30.3 Å². The summed E-state index contributed by atoms with van der Waals surface area (Å²) < 4.78 is 7.48. The highest BCUT2D eigenvalue weighted by Crippen LogP contribution is 2.01. The van der Waals surface area contributed by atoms with Gasteiger partial charge in [-0.3, -0.25) is 9.78 Å². The summed E-state index contributed by atoms with van der Waals surface area (Å²) in [5.74, 6) is 0. The molecule has 3 N–H and O–H groups in total. The minimum atomic E-state index is -0.676. The lowest BCUT2D eigenvalue weighted by molar-refractivity contribution is 1.02.